The Kier molecular flexibility index (Phi) is 5.61. The number of aryl methyl sites for hydroxylation is 1. The Balaban J connectivity index is 2.24. The van der Waals surface area contributed by atoms with Gasteiger partial charge in [-0.2, -0.15) is 0 Å². The van der Waals surface area contributed by atoms with Crippen molar-refractivity contribution in [1.29, 1.82) is 0 Å². The first-order valence-corrected chi connectivity index (χ1v) is 10.0. The summed E-state index contributed by atoms with van der Waals surface area (Å²) in [5.74, 6) is 1.91. The number of halogens is 1. The standard InChI is InChI=1S/C22H26BrN3/c1-5-6-14-22(3,4)21-25-24-20(17-10-8-7-9-11-17)26(21)19-15-18(23)13-12-16(19)2/h7-13,15H,5-6,14H2,1-4H3. The molecule has 1 aromatic heterocycles. The molecule has 4 heteroatoms. The van der Waals surface area contributed by atoms with Crippen LogP contribution in [0.25, 0.3) is 17.1 Å². The summed E-state index contributed by atoms with van der Waals surface area (Å²) in [7, 11) is 0. The van der Waals surface area contributed by atoms with Gasteiger partial charge in [0.2, 0.25) is 0 Å². The quantitative estimate of drug-likeness (QED) is 0.464. The summed E-state index contributed by atoms with van der Waals surface area (Å²) >= 11 is 3.63. The largest absolute Gasteiger partial charge is 0.278 e. The number of hydrogen-bond acceptors (Lipinski definition) is 2. The van der Waals surface area contributed by atoms with Crippen molar-refractivity contribution in [3.63, 3.8) is 0 Å². The van der Waals surface area contributed by atoms with E-state index in [0.717, 1.165) is 33.8 Å². The van der Waals surface area contributed by atoms with Crippen molar-refractivity contribution in [2.24, 2.45) is 0 Å². The highest BCUT2D eigenvalue weighted by molar-refractivity contribution is 9.10. The van der Waals surface area contributed by atoms with Gasteiger partial charge in [-0.1, -0.05) is 85.9 Å². The second-order valence-electron chi connectivity index (χ2n) is 7.47. The summed E-state index contributed by atoms with van der Waals surface area (Å²) in [6.07, 6.45) is 3.44. The first-order valence-electron chi connectivity index (χ1n) is 9.22. The smallest absolute Gasteiger partial charge is 0.168 e. The molecule has 0 aliphatic carbocycles. The van der Waals surface area contributed by atoms with Gasteiger partial charge in [0, 0.05) is 15.5 Å². The van der Waals surface area contributed by atoms with Gasteiger partial charge in [0.1, 0.15) is 5.82 Å². The summed E-state index contributed by atoms with van der Waals surface area (Å²) in [6, 6.07) is 16.7. The third-order valence-corrected chi connectivity index (χ3v) is 5.36. The summed E-state index contributed by atoms with van der Waals surface area (Å²) in [6.45, 7) is 8.91. The Hall–Kier alpha value is -1.94. The lowest BCUT2D eigenvalue weighted by atomic mass is 9.86. The number of aromatic nitrogens is 3. The van der Waals surface area contributed by atoms with Crippen molar-refractivity contribution < 1.29 is 0 Å². The molecule has 3 rings (SSSR count). The number of nitrogens with zero attached hydrogens (tertiary/aromatic N) is 3. The molecule has 0 radical (unpaired) electrons. The predicted octanol–water partition coefficient (Wildman–Crippen LogP) is 6.47. The average Bonchev–Trinajstić information content (AvgIpc) is 3.08. The van der Waals surface area contributed by atoms with Crippen LogP contribution < -0.4 is 0 Å². The molecule has 0 unspecified atom stereocenters. The summed E-state index contributed by atoms with van der Waals surface area (Å²) in [5, 5.41) is 9.27. The van der Waals surface area contributed by atoms with Crippen LogP contribution >= 0.6 is 15.9 Å². The molecule has 0 aliphatic rings. The molecule has 0 spiro atoms. The second-order valence-corrected chi connectivity index (χ2v) is 8.38. The number of hydrogen-bond donors (Lipinski definition) is 0. The molecule has 0 atom stereocenters. The molecule has 2 aromatic carbocycles. The highest BCUT2D eigenvalue weighted by Gasteiger charge is 2.29. The minimum atomic E-state index is -0.0508. The Morgan fingerprint density at radius 3 is 2.46 bits per heavy atom. The first-order chi connectivity index (χ1) is 12.4. The highest BCUT2D eigenvalue weighted by Crippen LogP contribution is 2.34. The second kappa shape index (κ2) is 7.75. The molecule has 0 aliphatic heterocycles. The Morgan fingerprint density at radius 2 is 1.77 bits per heavy atom. The first kappa shape index (κ1) is 18.8. The van der Waals surface area contributed by atoms with E-state index in [2.05, 4.69) is 88.7 Å². The van der Waals surface area contributed by atoms with Gasteiger partial charge in [-0.25, -0.2) is 0 Å². The molecule has 0 N–H and O–H groups in total. The van der Waals surface area contributed by atoms with E-state index in [9.17, 15) is 0 Å². The van der Waals surface area contributed by atoms with Gasteiger partial charge >= 0.3 is 0 Å². The van der Waals surface area contributed by atoms with Crippen molar-refractivity contribution in [1.82, 2.24) is 14.8 Å². The molecule has 0 saturated heterocycles. The summed E-state index contributed by atoms with van der Waals surface area (Å²) in [5.41, 5.74) is 3.36. The molecule has 0 bridgehead atoms. The predicted molar refractivity (Wildman–Crippen MR) is 112 cm³/mol. The fourth-order valence-electron chi connectivity index (χ4n) is 3.28. The van der Waals surface area contributed by atoms with E-state index < -0.39 is 0 Å². The van der Waals surface area contributed by atoms with Gasteiger partial charge < -0.3 is 0 Å². The van der Waals surface area contributed by atoms with Crippen LogP contribution in [0.2, 0.25) is 0 Å². The van der Waals surface area contributed by atoms with Gasteiger partial charge in [-0.3, -0.25) is 4.57 Å². The van der Waals surface area contributed by atoms with E-state index in [-0.39, 0.29) is 5.41 Å². The third kappa shape index (κ3) is 3.75. The maximum Gasteiger partial charge on any atom is 0.168 e. The van der Waals surface area contributed by atoms with Crippen molar-refractivity contribution in [2.45, 2.75) is 52.4 Å². The molecular weight excluding hydrogens is 386 g/mol. The SMILES string of the molecule is CCCCC(C)(C)c1nnc(-c2ccccc2)n1-c1cc(Br)ccc1C. The maximum atomic E-state index is 4.66. The topological polar surface area (TPSA) is 30.7 Å². The zero-order chi connectivity index (χ0) is 18.7. The van der Waals surface area contributed by atoms with Crippen LogP contribution in [0.3, 0.4) is 0 Å². The zero-order valence-electron chi connectivity index (χ0n) is 16.0. The van der Waals surface area contributed by atoms with Crippen LogP contribution in [0.4, 0.5) is 0 Å². The zero-order valence-corrected chi connectivity index (χ0v) is 17.5. The van der Waals surface area contributed by atoms with Gasteiger partial charge in [0.05, 0.1) is 5.69 Å². The van der Waals surface area contributed by atoms with E-state index in [0.29, 0.717) is 0 Å². The molecule has 3 nitrogen and oxygen atoms in total. The van der Waals surface area contributed by atoms with Crippen LogP contribution in [0.5, 0.6) is 0 Å². The lowest BCUT2D eigenvalue weighted by molar-refractivity contribution is 0.425. The van der Waals surface area contributed by atoms with Crippen LogP contribution in [0, 0.1) is 6.92 Å². The van der Waals surface area contributed by atoms with Gasteiger partial charge in [0.15, 0.2) is 5.82 Å². The molecule has 0 fully saturated rings. The van der Waals surface area contributed by atoms with Crippen LogP contribution in [-0.4, -0.2) is 14.8 Å². The van der Waals surface area contributed by atoms with Gasteiger partial charge in [-0.05, 0) is 31.0 Å². The lowest BCUT2D eigenvalue weighted by Crippen LogP contribution is -2.23. The minimum Gasteiger partial charge on any atom is -0.278 e. The highest BCUT2D eigenvalue weighted by atomic mass is 79.9. The van der Waals surface area contributed by atoms with Crippen molar-refractivity contribution in [3.05, 3.63) is 64.4 Å². The normalized spacial score (nSPS) is 11.7. The van der Waals surface area contributed by atoms with Crippen molar-refractivity contribution >= 4 is 15.9 Å². The number of rotatable bonds is 6. The Morgan fingerprint density at radius 1 is 1.04 bits per heavy atom. The number of benzene rings is 2. The fourth-order valence-corrected chi connectivity index (χ4v) is 3.63. The number of unbranched alkanes of at least 4 members (excludes halogenated alkanes) is 1. The maximum absolute atomic E-state index is 4.66. The third-order valence-electron chi connectivity index (χ3n) is 4.87. The van der Waals surface area contributed by atoms with Crippen molar-refractivity contribution in [2.75, 3.05) is 0 Å². The van der Waals surface area contributed by atoms with E-state index in [1.165, 1.54) is 18.4 Å². The van der Waals surface area contributed by atoms with E-state index >= 15 is 0 Å². The molecule has 0 amide bonds. The van der Waals surface area contributed by atoms with Crippen LogP contribution in [-0.2, 0) is 5.41 Å². The molecule has 136 valence electrons. The summed E-state index contributed by atoms with van der Waals surface area (Å²) in [4.78, 5) is 0. The molecule has 1 heterocycles. The average molecular weight is 412 g/mol. The van der Waals surface area contributed by atoms with Crippen LogP contribution in [0.1, 0.15) is 51.4 Å². The van der Waals surface area contributed by atoms with E-state index in [1.807, 2.05) is 18.2 Å². The van der Waals surface area contributed by atoms with Gasteiger partial charge in [-0.15, -0.1) is 10.2 Å². The minimum absolute atomic E-state index is 0.0508. The van der Waals surface area contributed by atoms with Gasteiger partial charge in [0.25, 0.3) is 0 Å². The molecule has 26 heavy (non-hydrogen) atoms. The molecule has 0 saturated carbocycles. The van der Waals surface area contributed by atoms with Crippen molar-refractivity contribution in [3.8, 4) is 17.1 Å². The van der Waals surface area contributed by atoms with E-state index in [4.69, 9.17) is 0 Å². The van der Waals surface area contributed by atoms with E-state index in [1.54, 1.807) is 0 Å². The molecular formula is C22H26BrN3. The lowest BCUT2D eigenvalue weighted by Gasteiger charge is -2.25. The molecule has 3 aromatic rings. The Bertz CT molecular complexity index is 882. The summed E-state index contributed by atoms with van der Waals surface area (Å²) < 4.78 is 3.30. The fraction of sp³-hybridized carbons (Fsp3) is 0.364. The Labute approximate surface area is 164 Å². The van der Waals surface area contributed by atoms with Crippen LogP contribution in [0.15, 0.2) is 53.0 Å². The monoisotopic (exact) mass is 411 g/mol.